The maximum atomic E-state index is 9.87. The van der Waals surface area contributed by atoms with Gasteiger partial charge in [-0.2, -0.15) is 0 Å². The number of thiocarbonyl (C=S) groups is 2. The molecule has 106 valence electrons. The molecule has 0 aromatic heterocycles. The smallest absolute Gasteiger partial charge is 0.303 e. The van der Waals surface area contributed by atoms with Gasteiger partial charge in [-0.1, -0.05) is 44.2 Å². The number of aliphatic carboxylic acids is 1. The van der Waals surface area contributed by atoms with Crippen LogP contribution in [0.2, 0.25) is 0 Å². The van der Waals surface area contributed by atoms with E-state index >= 15 is 0 Å². The molecule has 3 N–H and O–H groups in total. The highest BCUT2D eigenvalue weighted by molar-refractivity contribution is 8.11. The first kappa shape index (κ1) is 20.3. The average molecular weight is 329 g/mol. The number of unbranched alkanes of at least 4 members (excludes halogenated alkanes) is 2. The number of carbonyl (C=O) groups is 1. The van der Waals surface area contributed by atoms with Gasteiger partial charge in [-0.25, -0.2) is 0 Å². The fourth-order valence-electron chi connectivity index (χ4n) is 0.865. The van der Waals surface area contributed by atoms with Crippen molar-refractivity contribution in [2.45, 2.75) is 32.6 Å². The highest BCUT2D eigenvalue weighted by Gasteiger charge is 1.92. The van der Waals surface area contributed by atoms with E-state index in [2.05, 4.69) is 67.3 Å². The molecule has 0 fully saturated rings. The molecular weight excluding hydrogens is 308 g/mol. The molecule has 0 aromatic carbocycles. The van der Waals surface area contributed by atoms with Crippen molar-refractivity contribution in [3.63, 3.8) is 0 Å². The lowest BCUT2D eigenvalue weighted by molar-refractivity contribution is -0.137. The summed E-state index contributed by atoms with van der Waals surface area (Å²) in [7, 11) is 0. The summed E-state index contributed by atoms with van der Waals surface area (Å²) in [6.45, 7) is 3.48. The van der Waals surface area contributed by atoms with Crippen LogP contribution in [-0.4, -0.2) is 32.8 Å². The summed E-state index contributed by atoms with van der Waals surface area (Å²) in [5.41, 5.74) is 0. The summed E-state index contributed by atoms with van der Waals surface area (Å²) < 4.78 is 0.985. The van der Waals surface area contributed by atoms with Crippen molar-refractivity contribution in [2.75, 3.05) is 13.1 Å². The first-order valence-corrected chi connectivity index (χ1v) is 7.26. The van der Waals surface area contributed by atoms with Gasteiger partial charge in [-0.3, -0.25) is 4.79 Å². The minimum Gasteiger partial charge on any atom is -0.481 e. The Morgan fingerprint density at radius 1 is 1.11 bits per heavy atom. The molecule has 4 nitrogen and oxygen atoms in total. The predicted octanol–water partition coefficient (Wildman–Crippen LogP) is 2.25. The summed E-state index contributed by atoms with van der Waals surface area (Å²) in [5, 5.41) is 13.8. The molecule has 0 aliphatic heterocycles. The molecule has 0 bridgehead atoms. The maximum absolute atomic E-state index is 9.87. The highest BCUT2D eigenvalue weighted by Crippen LogP contribution is 1.97. The molecule has 0 unspecified atom stereocenters. The lowest BCUT2D eigenvalue weighted by Crippen LogP contribution is -2.29. The first-order chi connectivity index (χ1) is 8.40. The van der Waals surface area contributed by atoms with E-state index in [0.717, 1.165) is 19.3 Å². The van der Waals surface area contributed by atoms with E-state index in [-0.39, 0.29) is 0 Å². The summed E-state index contributed by atoms with van der Waals surface area (Å²) in [5.74, 6) is -0.682. The Labute approximate surface area is 130 Å². The van der Waals surface area contributed by atoms with Crippen LogP contribution in [0.3, 0.4) is 0 Å². The molecule has 18 heavy (non-hydrogen) atoms. The lowest BCUT2D eigenvalue weighted by atomic mass is 10.2. The third kappa shape index (κ3) is 25.0. The zero-order valence-corrected chi connectivity index (χ0v) is 13.7. The monoisotopic (exact) mass is 328 g/mol. The normalized spacial score (nSPS) is 8.83. The van der Waals surface area contributed by atoms with Crippen molar-refractivity contribution in [1.29, 1.82) is 0 Å². The third-order valence-electron chi connectivity index (χ3n) is 1.67. The molecule has 0 rings (SSSR count). The van der Waals surface area contributed by atoms with Gasteiger partial charge in [-0.15, -0.1) is 25.3 Å². The van der Waals surface area contributed by atoms with E-state index in [9.17, 15) is 4.79 Å². The Morgan fingerprint density at radius 3 is 1.83 bits per heavy atom. The molecule has 8 heteroatoms. The molecular formula is C10H20N2O2S4. The van der Waals surface area contributed by atoms with Crippen LogP contribution in [0.25, 0.3) is 0 Å². The van der Waals surface area contributed by atoms with Crippen LogP contribution >= 0.6 is 49.7 Å². The maximum Gasteiger partial charge on any atom is 0.303 e. The summed E-state index contributed by atoms with van der Waals surface area (Å²) in [6.07, 6.45) is 3.28. The number of hydrogen-bond donors (Lipinski definition) is 5. The Kier molecular flexibility index (Phi) is 16.9. The van der Waals surface area contributed by atoms with Crippen LogP contribution in [0.4, 0.5) is 0 Å². The lowest BCUT2D eigenvalue weighted by Gasteiger charge is -2.03. The van der Waals surface area contributed by atoms with Crippen molar-refractivity contribution in [3.05, 3.63) is 0 Å². The summed E-state index contributed by atoms with van der Waals surface area (Å²) >= 11 is 17.0. The van der Waals surface area contributed by atoms with E-state index in [1.54, 1.807) is 0 Å². The Hall–Kier alpha value is -0.0500. The van der Waals surface area contributed by atoms with Crippen molar-refractivity contribution in [3.8, 4) is 0 Å². The number of rotatable bonds is 7. The molecule has 0 spiro atoms. The number of carboxylic acids is 1. The van der Waals surface area contributed by atoms with E-state index in [1.165, 1.54) is 0 Å². The van der Waals surface area contributed by atoms with Crippen LogP contribution < -0.4 is 10.6 Å². The van der Waals surface area contributed by atoms with Gasteiger partial charge in [0.05, 0.1) is 0 Å². The zero-order chi connectivity index (χ0) is 14.4. The Bertz CT molecular complexity index is 246. The molecule has 0 atom stereocenters. The van der Waals surface area contributed by atoms with Crippen molar-refractivity contribution < 1.29 is 9.90 Å². The first-order valence-electron chi connectivity index (χ1n) is 5.55. The van der Waals surface area contributed by atoms with Crippen LogP contribution in [0.5, 0.6) is 0 Å². The average Bonchev–Trinajstić information content (AvgIpc) is 2.25. The van der Waals surface area contributed by atoms with Crippen LogP contribution in [-0.2, 0) is 4.79 Å². The van der Waals surface area contributed by atoms with Gasteiger partial charge in [0.25, 0.3) is 0 Å². The van der Waals surface area contributed by atoms with E-state index < -0.39 is 5.97 Å². The van der Waals surface area contributed by atoms with Gasteiger partial charge in [0.1, 0.15) is 8.64 Å². The predicted molar refractivity (Wildman–Crippen MR) is 91.0 cm³/mol. The standard InChI is InChI=1S/C6H12O2.C4H8N2S4/c1-2-3-4-5-6(7)8;7-3(8)5-1-2-6-4(9)10/h2-5H2,1H3,(H,7,8);1-2H2,(H2,5,7,8)(H2,6,9,10). The Balaban J connectivity index is 0. The molecule has 0 aliphatic rings. The minimum absolute atomic E-state index is 0.327. The van der Waals surface area contributed by atoms with Crippen LogP contribution in [0, 0.1) is 0 Å². The van der Waals surface area contributed by atoms with Crippen molar-refractivity contribution >= 4 is 64.3 Å². The quantitative estimate of drug-likeness (QED) is 0.281. The van der Waals surface area contributed by atoms with E-state index in [1.807, 2.05) is 0 Å². The van der Waals surface area contributed by atoms with Crippen LogP contribution in [0.1, 0.15) is 32.6 Å². The fourth-order valence-corrected chi connectivity index (χ4v) is 1.29. The molecule has 0 heterocycles. The number of nitrogens with one attached hydrogen (secondary N) is 2. The summed E-state index contributed by atoms with van der Waals surface area (Å²) in [4.78, 5) is 9.87. The minimum atomic E-state index is -0.682. The third-order valence-corrected chi connectivity index (χ3v) is 2.28. The molecule has 0 amide bonds. The van der Waals surface area contributed by atoms with Gasteiger partial charge in [-0.05, 0) is 6.42 Å². The zero-order valence-electron chi connectivity index (χ0n) is 10.3. The van der Waals surface area contributed by atoms with Crippen LogP contribution in [0.15, 0.2) is 0 Å². The molecule has 0 aromatic rings. The van der Waals surface area contributed by atoms with E-state index in [0.29, 0.717) is 28.2 Å². The topological polar surface area (TPSA) is 61.4 Å². The number of carboxylic acid groups (broad SMARTS) is 1. The van der Waals surface area contributed by atoms with Gasteiger partial charge >= 0.3 is 5.97 Å². The number of hydrogen-bond acceptors (Lipinski definition) is 3. The van der Waals surface area contributed by atoms with Gasteiger partial charge in [0.15, 0.2) is 0 Å². The van der Waals surface area contributed by atoms with Crippen molar-refractivity contribution in [2.24, 2.45) is 0 Å². The largest absolute Gasteiger partial charge is 0.481 e. The van der Waals surface area contributed by atoms with E-state index in [4.69, 9.17) is 5.11 Å². The SMILES string of the molecule is CCCCCC(=O)O.S=C(S)NCCNC(=S)S. The highest BCUT2D eigenvalue weighted by atomic mass is 32.1. The summed E-state index contributed by atoms with van der Waals surface area (Å²) in [6, 6.07) is 0. The molecule has 0 saturated carbocycles. The molecule has 0 saturated heterocycles. The van der Waals surface area contributed by atoms with Gasteiger partial charge in [0.2, 0.25) is 0 Å². The van der Waals surface area contributed by atoms with Gasteiger partial charge in [0, 0.05) is 19.5 Å². The number of thiol groups is 2. The fraction of sp³-hybridized carbons (Fsp3) is 0.700. The van der Waals surface area contributed by atoms with Crippen molar-refractivity contribution in [1.82, 2.24) is 10.6 Å². The van der Waals surface area contributed by atoms with Gasteiger partial charge < -0.3 is 15.7 Å². The molecule has 0 aliphatic carbocycles. The second-order valence-corrected chi connectivity index (χ2v) is 5.63. The second-order valence-electron chi connectivity index (χ2n) is 3.31. The second kappa shape index (κ2) is 15.0. The Morgan fingerprint density at radius 2 is 1.56 bits per heavy atom. The molecule has 0 radical (unpaired) electrons.